The molecule has 0 radical (unpaired) electrons. The van der Waals surface area contributed by atoms with Gasteiger partial charge in [0.15, 0.2) is 0 Å². The van der Waals surface area contributed by atoms with E-state index in [1.165, 1.54) is 51.4 Å². The van der Waals surface area contributed by atoms with Crippen molar-refractivity contribution < 1.29 is 39.6 Å². The molecule has 0 unspecified atom stereocenters. The van der Waals surface area contributed by atoms with Gasteiger partial charge in [-0.3, -0.25) is 19.2 Å². The zero-order valence-corrected chi connectivity index (χ0v) is 22.4. The normalized spacial score (nSPS) is 10.4. The van der Waals surface area contributed by atoms with E-state index in [4.69, 9.17) is 20.4 Å². The molecule has 0 saturated carbocycles. The van der Waals surface area contributed by atoms with E-state index in [9.17, 15) is 19.2 Å². The fourth-order valence-corrected chi connectivity index (χ4v) is 3.93. The van der Waals surface area contributed by atoms with Crippen LogP contribution in [-0.2, 0) is 19.2 Å². The van der Waals surface area contributed by atoms with Crippen LogP contribution >= 0.6 is 0 Å². The highest BCUT2D eigenvalue weighted by atomic mass is 16.4. The van der Waals surface area contributed by atoms with Crippen molar-refractivity contribution >= 4 is 23.9 Å². The van der Waals surface area contributed by atoms with E-state index < -0.39 is 23.9 Å². The molecule has 0 fully saturated rings. The highest BCUT2D eigenvalue weighted by Gasteiger charge is 1.99. The number of rotatable bonds is 26. The molecule has 8 nitrogen and oxygen atoms in total. The van der Waals surface area contributed by atoms with E-state index in [1.807, 2.05) is 0 Å². The molecule has 0 atom stereocenters. The van der Waals surface area contributed by atoms with Crippen molar-refractivity contribution in [3.05, 3.63) is 0 Å². The van der Waals surface area contributed by atoms with E-state index in [0.717, 1.165) is 77.0 Å². The number of carboxylic acid groups (broad SMARTS) is 4. The van der Waals surface area contributed by atoms with Crippen molar-refractivity contribution in [2.75, 3.05) is 0 Å². The minimum atomic E-state index is -0.698. The van der Waals surface area contributed by atoms with Crippen molar-refractivity contribution in [3.8, 4) is 0 Å². The lowest BCUT2D eigenvalue weighted by molar-refractivity contribution is -0.138. The van der Waals surface area contributed by atoms with Gasteiger partial charge in [-0.15, -0.1) is 0 Å². The first-order chi connectivity index (χ1) is 17.3. The molecule has 0 aromatic carbocycles. The number of carbonyl (C=O) groups is 4. The van der Waals surface area contributed by atoms with E-state index in [0.29, 0.717) is 25.7 Å². The molecule has 0 rings (SSSR count). The molecule has 0 aliphatic heterocycles. The largest absolute Gasteiger partial charge is 0.481 e. The topological polar surface area (TPSA) is 149 Å². The lowest BCUT2D eigenvalue weighted by Gasteiger charge is -2.01. The van der Waals surface area contributed by atoms with Gasteiger partial charge in [0.2, 0.25) is 0 Å². The minimum absolute atomic E-state index is 0.295. The van der Waals surface area contributed by atoms with Crippen molar-refractivity contribution in [1.82, 2.24) is 0 Å². The van der Waals surface area contributed by atoms with Crippen molar-refractivity contribution in [2.45, 2.75) is 154 Å². The van der Waals surface area contributed by atoms with Crippen LogP contribution in [0.25, 0.3) is 0 Å². The van der Waals surface area contributed by atoms with Gasteiger partial charge in [0.05, 0.1) is 0 Å². The average molecular weight is 517 g/mol. The molecule has 36 heavy (non-hydrogen) atoms. The molecule has 0 saturated heterocycles. The molecule has 0 aromatic rings. The Bertz CT molecular complexity index is 452. The van der Waals surface area contributed by atoms with Crippen LogP contribution in [0.1, 0.15) is 154 Å². The summed E-state index contributed by atoms with van der Waals surface area (Å²) in [5.74, 6) is -2.79. The summed E-state index contributed by atoms with van der Waals surface area (Å²) in [4.78, 5) is 41.1. The summed E-state index contributed by atoms with van der Waals surface area (Å²) in [7, 11) is 0. The number of hydrogen-bond donors (Lipinski definition) is 4. The fourth-order valence-electron chi connectivity index (χ4n) is 3.93. The third-order valence-corrected chi connectivity index (χ3v) is 6.06. The first kappa shape index (κ1) is 36.0. The molecule has 4 N–H and O–H groups in total. The molecule has 0 aromatic heterocycles. The number of carboxylic acids is 4. The monoisotopic (exact) mass is 516 g/mol. The maximum absolute atomic E-state index is 10.3. The Labute approximate surface area is 217 Å². The summed E-state index contributed by atoms with van der Waals surface area (Å²) < 4.78 is 0. The van der Waals surface area contributed by atoms with Gasteiger partial charge in [-0.1, -0.05) is 103 Å². The maximum atomic E-state index is 10.3. The summed E-state index contributed by atoms with van der Waals surface area (Å²) in [5, 5.41) is 33.8. The quantitative estimate of drug-likeness (QED) is 0.0855. The van der Waals surface area contributed by atoms with Crippen LogP contribution in [0.2, 0.25) is 0 Å². The van der Waals surface area contributed by atoms with Crippen molar-refractivity contribution in [1.29, 1.82) is 0 Å². The van der Waals surface area contributed by atoms with Crippen LogP contribution in [0.4, 0.5) is 0 Å². The molecular formula is C28H52O8. The summed E-state index contributed by atoms with van der Waals surface area (Å²) >= 11 is 0. The van der Waals surface area contributed by atoms with Gasteiger partial charge in [0, 0.05) is 25.7 Å². The average Bonchev–Trinajstić information content (AvgIpc) is 2.80. The Kier molecular flexibility index (Phi) is 29.1. The molecule has 212 valence electrons. The highest BCUT2D eigenvalue weighted by molar-refractivity contribution is 5.67. The second-order valence-electron chi connectivity index (χ2n) is 9.65. The van der Waals surface area contributed by atoms with Crippen LogP contribution < -0.4 is 0 Å². The van der Waals surface area contributed by atoms with E-state index in [-0.39, 0.29) is 0 Å². The molecule has 0 heterocycles. The van der Waals surface area contributed by atoms with Crippen LogP contribution in [0.15, 0.2) is 0 Å². The van der Waals surface area contributed by atoms with Crippen LogP contribution in [0.3, 0.4) is 0 Å². The highest BCUT2D eigenvalue weighted by Crippen LogP contribution is 2.13. The minimum Gasteiger partial charge on any atom is -0.481 e. The van der Waals surface area contributed by atoms with Crippen molar-refractivity contribution in [2.24, 2.45) is 0 Å². The third kappa shape index (κ3) is 39.1. The van der Waals surface area contributed by atoms with Gasteiger partial charge >= 0.3 is 23.9 Å². The summed E-state index contributed by atoms with van der Waals surface area (Å²) in [6.07, 6.45) is 22.6. The smallest absolute Gasteiger partial charge is 0.303 e. The van der Waals surface area contributed by atoms with Crippen LogP contribution in [-0.4, -0.2) is 44.3 Å². The molecular weight excluding hydrogens is 464 g/mol. The Morgan fingerprint density at radius 1 is 0.250 bits per heavy atom. The Balaban J connectivity index is 0. The lowest BCUT2D eigenvalue weighted by atomic mass is 10.1. The summed E-state index contributed by atoms with van der Waals surface area (Å²) in [6.45, 7) is 0. The van der Waals surface area contributed by atoms with Gasteiger partial charge in [-0.05, 0) is 25.7 Å². The summed E-state index contributed by atoms with van der Waals surface area (Å²) in [5.41, 5.74) is 0. The standard InChI is InChI=1S/2C14H26O4/c2*15-13(16)11-9-7-5-3-1-2-4-6-8-10-12-14(17)18/h2*1-12H2,(H,15,16)(H,17,18). The molecule has 8 heteroatoms. The zero-order chi connectivity index (χ0) is 27.3. The van der Waals surface area contributed by atoms with Gasteiger partial charge in [0.25, 0.3) is 0 Å². The summed E-state index contributed by atoms with van der Waals surface area (Å²) in [6, 6.07) is 0. The first-order valence-electron chi connectivity index (χ1n) is 14.1. The molecule has 0 amide bonds. The third-order valence-electron chi connectivity index (χ3n) is 6.06. The van der Waals surface area contributed by atoms with E-state index in [1.54, 1.807) is 0 Å². The first-order valence-corrected chi connectivity index (χ1v) is 14.1. The fraction of sp³-hybridized carbons (Fsp3) is 0.857. The number of hydrogen-bond acceptors (Lipinski definition) is 4. The van der Waals surface area contributed by atoms with Crippen LogP contribution in [0, 0.1) is 0 Å². The molecule has 0 spiro atoms. The molecule has 0 bridgehead atoms. The Morgan fingerprint density at radius 2 is 0.361 bits per heavy atom. The number of aliphatic carboxylic acids is 4. The van der Waals surface area contributed by atoms with E-state index in [2.05, 4.69) is 0 Å². The molecule has 0 aliphatic carbocycles. The predicted molar refractivity (Wildman–Crippen MR) is 141 cm³/mol. The SMILES string of the molecule is O=C(O)CCCCCCCCCCCCC(=O)O.O=C(O)CCCCCCCCCCCCC(=O)O. The van der Waals surface area contributed by atoms with E-state index >= 15 is 0 Å². The Hall–Kier alpha value is -2.12. The van der Waals surface area contributed by atoms with Crippen LogP contribution in [0.5, 0.6) is 0 Å². The number of unbranched alkanes of at least 4 members (excludes halogenated alkanes) is 18. The lowest BCUT2D eigenvalue weighted by Crippen LogP contribution is -1.93. The van der Waals surface area contributed by atoms with Gasteiger partial charge < -0.3 is 20.4 Å². The molecule has 0 aliphatic rings. The van der Waals surface area contributed by atoms with Gasteiger partial charge in [0.1, 0.15) is 0 Å². The second kappa shape index (κ2) is 29.1. The van der Waals surface area contributed by atoms with Crippen molar-refractivity contribution in [3.63, 3.8) is 0 Å². The Morgan fingerprint density at radius 3 is 0.472 bits per heavy atom. The zero-order valence-electron chi connectivity index (χ0n) is 22.4. The second-order valence-corrected chi connectivity index (χ2v) is 9.65. The van der Waals surface area contributed by atoms with Gasteiger partial charge in [-0.25, -0.2) is 0 Å². The predicted octanol–water partition coefficient (Wildman–Crippen LogP) is 7.67. The van der Waals surface area contributed by atoms with Gasteiger partial charge in [-0.2, -0.15) is 0 Å². The maximum Gasteiger partial charge on any atom is 0.303 e.